The monoisotopic (exact) mass is 950 g/mol. The van der Waals surface area contributed by atoms with Crippen molar-refractivity contribution in [3.63, 3.8) is 0 Å². The Hall–Kier alpha value is -7.40. The fourth-order valence-corrected chi connectivity index (χ4v) is 9.23. The molecule has 60 heavy (non-hydrogen) atoms. The van der Waals surface area contributed by atoms with Gasteiger partial charge in [-0.05, 0) is 18.2 Å². The summed E-state index contributed by atoms with van der Waals surface area (Å²) in [6.07, 6.45) is 3.67. The second kappa shape index (κ2) is 15.1. The number of hydrogen-bond donors (Lipinski definition) is 0. The summed E-state index contributed by atoms with van der Waals surface area (Å²) in [6.45, 7) is 0. The maximum absolute atomic E-state index is 6.63. The van der Waals surface area contributed by atoms with Gasteiger partial charge in [0, 0.05) is 18.0 Å². The number of fused-ring (bicyclic) bond motifs is 4. The Morgan fingerprint density at radius 2 is 1.10 bits per heavy atom. The molecular weight excluding hydrogens is 918 g/mol. The van der Waals surface area contributed by atoms with Crippen molar-refractivity contribution in [1.29, 1.82) is 0 Å². The summed E-state index contributed by atoms with van der Waals surface area (Å²) >= 11 is 2.46. The molecule has 0 saturated carbocycles. The van der Waals surface area contributed by atoms with Crippen molar-refractivity contribution >= 4 is 32.8 Å². The van der Waals surface area contributed by atoms with Gasteiger partial charge in [-0.15, -0.1) is 0 Å². The molecule has 4 heterocycles. The van der Waals surface area contributed by atoms with Crippen LogP contribution in [-0.4, -0.2) is 23.7 Å². The van der Waals surface area contributed by atoms with Crippen molar-refractivity contribution in [2.75, 3.05) is 0 Å². The van der Waals surface area contributed by atoms with Crippen molar-refractivity contribution < 1.29 is 24.1 Å². The van der Waals surface area contributed by atoms with Crippen molar-refractivity contribution in [1.82, 2.24) is 23.7 Å². The first-order valence-corrected chi connectivity index (χ1v) is 20.8. The number of nitrogens with zero attached hydrogens (tertiary/aromatic N) is 5. The first-order valence-electron chi connectivity index (χ1n) is 19.7. The van der Waals surface area contributed by atoms with E-state index in [2.05, 4.69) is 196 Å². The van der Waals surface area contributed by atoms with Gasteiger partial charge in [0.25, 0.3) is 0 Å². The van der Waals surface area contributed by atoms with Gasteiger partial charge in [-0.25, -0.2) is 0 Å². The van der Waals surface area contributed by atoms with E-state index in [-0.39, 0.29) is 0 Å². The third-order valence-corrected chi connectivity index (χ3v) is 11.9. The van der Waals surface area contributed by atoms with E-state index in [1.54, 1.807) is 6.20 Å². The molecule has 0 atom stereocenters. The van der Waals surface area contributed by atoms with Gasteiger partial charge in [-0.2, -0.15) is 0 Å². The molecule has 0 bridgehead atoms. The predicted octanol–water partition coefficient (Wildman–Crippen LogP) is 12.8. The number of aromatic nitrogens is 5. The van der Waals surface area contributed by atoms with Crippen LogP contribution in [0.5, 0.6) is 11.5 Å². The van der Waals surface area contributed by atoms with Crippen LogP contribution in [-0.2, 0) is 19.4 Å². The number of ether oxygens (including phenoxy) is 1. The van der Waals surface area contributed by atoms with E-state index < -0.39 is 0 Å². The van der Waals surface area contributed by atoms with Gasteiger partial charge in [-0.1, -0.05) is 18.2 Å². The zero-order chi connectivity index (χ0) is 40.0. The summed E-state index contributed by atoms with van der Waals surface area (Å²) < 4.78 is 14.4. The van der Waals surface area contributed by atoms with Crippen molar-refractivity contribution in [2.45, 2.75) is 0 Å². The van der Waals surface area contributed by atoms with Gasteiger partial charge < -0.3 is 0 Å². The van der Waals surface area contributed by atoms with E-state index in [1.807, 2.05) is 48.7 Å². The van der Waals surface area contributed by atoms with Gasteiger partial charge in [0.15, 0.2) is 0 Å². The number of imidazole rings is 1. The molecular formula is C53H33N5OPt-2. The SMILES string of the molecule is [Pt]=[c]1n(-c2[c-]c(Oc3[c-]c4c(cc3)c3ccccc3n4-c3ccc(-c4ccccn4)cn3)ccc2)c2ccccc2n1-c1c(-c2ccccc2)cccc1-c1ccccc1. The Bertz CT molecular complexity index is 3350. The summed E-state index contributed by atoms with van der Waals surface area (Å²) in [5.74, 6) is 1.95. The average molecular weight is 951 g/mol. The molecule has 288 valence electrons. The molecule has 0 aliphatic rings. The van der Waals surface area contributed by atoms with E-state index in [9.17, 15) is 0 Å². The predicted molar refractivity (Wildman–Crippen MR) is 236 cm³/mol. The van der Waals surface area contributed by atoms with E-state index in [4.69, 9.17) is 9.72 Å². The molecule has 0 N–H and O–H groups in total. The van der Waals surface area contributed by atoms with Gasteiger partial charge in [-0.3, -0.25) is 4.98 Å². The fourth-order valence-electron chi connectivity index (χ4n) is 8.16. The van der Waals surface area contributed by atoms with Crippen LogP contribution in [0.2, 0.25) is 0 Å². The average Bonchev–Trinajstić information content (AvgIpc) is 3.80. The molecule has 0 spiro atoms. The number of para-hydroxylation sites is 4. The fraction of sp³-hybridized carbons (Fsp3) is 0. The van der Waals surface area contributed by atoms with Gasteiger partial charge in [0.1, 0.15) is 0 Å². The normalized spacial score (nSPS) is 11.4. The topological polar surface area (TPSA) is 49.8 Å². The van der Waals surface area contributed by atoms with Gasteiger partial charge >= 0.3 is 294 Å². The molecule has 0 aliphatic heterocycles. The van der Waals surface area contributed by atoms with E-state index in [1.165, 1.54) is 0 Å². The Morgan fingerprint density at radius 3 is 1.80 bits per heavy atom. The van der Waals surface area contributed by atoms with Crippen LogP contribution in [0.1, 0.15) is 0 Å². The molecule has 11 rings (SSSR count). The standard InChI is InChI=1S/C53H33N5O.Pt/c1-3-15-37(16-4-1)43-22-14-23-44(38-17-5-2-6-18-38)53(43)57-36-56(49-26-9-10-27-50(49)57)40-19-13-20-41(33-40)59-42-29-30-46-45-21-7-8-25-48(45)58(51(46)34-42)52-31-28-39(35-55-52)47-24-11-12-32-54-47;/h1-32,35H;/q-2;. The van der Waals surface area contributed by atoms with Gasteiger partial charge in [0.2, 0.25) is 0 Å². The van der Waals surface area contributed by atoms with Crippen LogP contribution in [0.15, 0.2) is 200 Å². The molecule has 7 heteroatoms. The van der Waals surface area contributed by atoms with E-state index in [0.717, 1.165) is 87.3 Å². The summed E-state index contributed by atoms with van der Waals surface area (Å²) in [5, 5.41) is 2.18. The number of rotatable bonds is 8. The third kappa shape index (κ3) is 6.21. The first-order chi connectivity index (χ1) is 29.7. The molecule has 0 saturated heterocycles. The zero-order valence-corrected chi connectivity index (χ0v) is 34.3. The number of hydrogen-bond acceptors (Lipinski definition) is 3. The summed E-state index contributed by atoms with van der Waals surface area (Å²) in [5.41, 5.74) is 12.4. The van der Waals surface area contributed by atoms with E-state index in [0.29, 0.717) is 11.5 Å². The molecule has 0 aliphatic carbocycles. The molecule has 0 unspecified atom stereocenters. The third-order valence-electron chi connectivity index (χ3n) is 10.8. The Kier molecular flexibility index (Phi) is 8.98. The number of benzene rings is 7. The van der Waals surface area contributed by atoms with Crippen molar-refractivity contribution in [3.05, 3.63) is 216 Å². The summed E-state index contributed by atoms with van der Waals surface area (Å²) in [6, 6.07) is 72.1. The second-order valence-corrected chi connectivity index (χ2v) is 15.4. The summed E-state index contributed by atoms with van der Waals surface area (Å²) in [7, 11) is 0. The number of pyridine rings is 2. The van der Waals surface area contributed by atoms with E-state index >= 15 is 0 Å². The maximum atomic E-state index is 6.63. The quantitative estimate of drug-likeness (QED) is 0.143. The Labute approximate surface area is 357 Å². The first kappa shape index (κ1) is 35.7. The Morgan fingerprint density at radius 1 is 0.450 bits per heavy atom. The van der Waals surface area contributed by atoms with Crippen LogP contribution in [0.4, 0.5) is 0 Å². The molecule has 6 nitrogen and oxygen atoms in total. The van der Waals surface area contributed by atoms with Crippen LogP contribution in [0.3, 0.4) is 0 Å². The molecule has 11 aromatic rings. The van der Waals surface area contributed by atoms with Gasteiger partial charge in [0.05, 0.1) is 5.69 Å². The van der Waals surface area contributed by atoms with Crippen LogP contribution in [0, 0.1) is 15.9 Å². The second-order valence-electron chi connectivity index (χ2n) is 14.4. The Balaban J connectivity index is 1.02. The van der Waals surface area contributed by atoms with Crippen LogP contribution >= 0.6 is 0 Å². The summed E-state index contributed by atoms with van der Waals surface area (Å²) in [4.78, 5) is 9.42. The van der Waals surface area contributed by atoms with Crippen LogP contribution in [0.25, 0.3) is 83.5 Å². The van der Waals surface area contributed by atoms with Crippen LogP contribution < -0.4 is 4.74 Å². The molecule has 4 aromatic heterocycles. The molecule has 0 fully saturated rings. The van der Waals surface area contributed by atoms with Crippen molar-refractivity contribution in [2.24, 2.45) is 0 Å². The van der Waals surface area contributed by atoms with Crippen molar-refractivity contribution in [3.8, 4) is 62.2 Å². The zero-order valence-electron chi connectivity index (χ0n) is 32.0. The minimum absolute atomic E-state index is 0.580. The minimum atomic E-state index is 0.580. The molecule has 0 radical (unpaired) electrons. The molecule has 7 aromatic carbocycles. The molecule has 0 amide bonds.